The van der Waals surface area contributed by atoms with Gasteiger partial charge in [-0.25, -0.2) is 0 Å². The molecule has 1 aliphatic rings. The van der Waals surface area contributed by atoms with Crippen molar-refractivity contribution in [2.45, 2.75) is 11.3 Å². The summed E-state index contributed by atoms with van der Waals surface area (Å²) in [5.74, 6) is 2.20. The van der Waals surface area contributed by atoms with E-state index >= 15 is 0 Å². The van der Waals surface area contributed by atoms with Crippen molar-refractivity contribution in [2.24, 2.45) is 0 Å². The van der Waals surface area contributed by atoms with Crippen molar-refractivity contribution in [2.75, 3.05) is 12.9 Å². The van der Waals surface area contributed by atoms with Crippen molar-refractivity contribution in [3.05, 3.63) is 23.8 Å². The summed E-state index contributed by atoms with van der Waals surface area (Å²) in [6, 6.07) is 6.31. The summed E-state index contributed by atoms with van der Waals surface area (Å²) in [6.07, 6.45) is 1.21. The quantitative estimate of drug-likeness (QED) is 0.633. The summed E-state index contributed by atoms with van der Waals surface area (Å²) in [7, 11) is 1.71. The smallest absolute Gasteiger partial charge is 0.119 e. The Balaban J connectivity index is 2.41. The Morgan fingerprint density at radius 2 is 2.36 bits per heavy atom. The Kier molecular flexibility index (Phi) is 1.78. The number of hydrogen-bond acceptors (Lipinski definition) is 2. The van der Waals surface area contributed by atoms with E-state index in [1.54, 1.807) is 7.11 Å². The van der Waals surface area contributed by atoms with Crippen LogP contribution < -0.4 is 4.74 Å². The molecule has 2 heteroatoms. The van der Waals surface area contributed by atoms with Gasteiger partial charge in [0.15, 0.2) is 0 Å². The average molecular weight is 166 g/mol. The molecule has 0 radical (unpaired) electrons. The molecule has 0 saturated heterocycles. The van der Waals surface area contributed by atoms with E-state index in [-0.39, 0.29) is 0 Å². The third-order valence-corrected chi connectivity index (χ3v) is 3.00. The standard InChI is InChI=1S/C9H10OS/c1-10-8-3-2-7-4-5-11-9(7)6-8/h2-3,6H,4-5H2,1H3. The van der Waals surface area contributed by atoms with Gasteiger partial charge in [-0.2, -0.15) is 0 Å². The Morgan fingerprint density at radius 3 is 3.18 bits per heavy atom. The van der Waals surface area contributed by atoms with Crippen molar-refractivity contribution in [1.29, 1.82) is 0 Å². The zero-order chi connectivity index (χ0) is 7.68. The summed E-state index contributed by atoms with van der Waals surface area (Å²) in [4.78, 5) is 1.39. The zero-order valence-corrected chi connectivity index (χ0v) is 7.28. The Labute approximate surface area is 70.8 Å². The average Bonchev–Trinajstić information content (AvgIpc) is 2.50. The maximum absolute atomic E-state index is 5.13. The molecule has 0 atom stereocenters. The Bertz CT molecular complexity index is 270. The first-order valence-corrected chi connectivity index (χ1v) is 4.68. The van der Waals surface area contributed by atoms with Gasteiger partial charge in [0.1, 0.15) is 5.75 Å². The van der Waals surface area contributed by atoms with Gasteiger partial charge in [-0.3, -0.25) is 0 Å². The maximum Gasteiger partial charge on any atom is 0.119 e. The van der Waals surface area contributed by atoms with Gasteiger partial charge in [0, 0.05) is 10.6 Å². The van der Waals surface area contributed by atoms with Crippen molar-refractivity contribution in [3.63, 3.8) is 0 Å². The van der Waals surface area contributed by atoms with Crippen LogP contribution >= 0.6 is 11.8 Å². The zero-order valence-electron chi connectivity index (χ0n) is 6.46. The summed E-state index contributed by atoms with van der Waals surface area (Å²) in [5.41, 5.74) is 1.47. The number of fused-ring (bicyclic) bond motifs is 1. The van der Waals surface area contributed by atoms with Gasteiger partial charge in [0.05, 0.1) is 7.11 Å². The van der Waals surface area contributed by atoms with E-state index in [1.165, 1.54) is 22.6 Å². The van der Waals surface area contributed by atoms with Crippen LogP contribution in [0.5, 0.6) is 5.75 Å². The van der Waals surface area contributed by atoms with Crippen LogP contribution in [0.15, 0.2) is 23.1 Å². The van der Waals surface area contributed by atoms with Crippen molar-refractivity contribution < 1.29 is 4.74 Å². The molecule has 58 valence electrons. The molecule has 1 heterocycles. The van der Waals surface area contributed by atoms with Gasteiger partial charge >= 0.3 is 0 Å². The van der Waals surface area contributed by atoms with Gasteiger partial charge in [0.2, 0.25) is 0 Å². The molecule has 0 aromatic heterocycles. The number of benzene rings is 1. The number of ether oxygens (including phenoxy) is 1. The molecular formula is C9H10OS. The summed E-state index contributed by atoms with van der Waals surface area (Å²) < 4.78 is 5.13. The van der Waals surface area contributed by atoms with Crippen molar-refractivity contribution >= 4 is 11.8 Å². The molecule has 0 bridgehead atoms. The normalized spacial score (nSPS) is 14.6. The van der Waals surface area contributed by atoms with Crippen LogP contribution in [0.1, 0.15) is 5.56 Å². The SMILES string of the molecule is COc1ccc2c(c1)SCC2. The first kappa shape index (κ1) is 7.04. The molecule has 0 amide bonds. The highest BCUT2D eigenvalue weighted by atomic mass is 32.2. The number of hydrogen-bond donors (Lipinski definition) is 0. The van der Waals surface area contributed by atoms with E-state index in [0.717, 1.165) is 5.75 Å². The highest BCUT2D eigenvalue weighted by molar-refractivity contribution is 7.99. The van der Waals surface area contributed by atoms with Crippen LogP contribution in [0.2, 0.25) is 0 Å². The van der Waals surface area contributed by atoms with Gasteiger partial charge in [0.25, 0.3) is 0 Å². The monoisotopic (exact) mass is 166 g/mol. The van der Waals surface area contributed by atoms with E-state index in [2.05, 4.69) is 12.1 Å². The second-order valence-electron chi connectivity index (χ2n) is 2.57. The van der Waals surface area contributed by atoms with Crippen LogP contribution in [0.4, 0.5) is 0 Å². The van der Waals surface area contributed by atoms with Crippen LogP contribution in [-0.2, 0) is 6.42 Å². The van der Waals surface area contributed by atoms with E-state index in [1.807, 2.05) is 17.8 Å². The van der Waals surface area contributed by atoms with Crippen LogP contribution in [0.3, 0.4) is 0 Å². The van der Waals surface area contributed by atoms with Crippen LogP contribution in [0, 0.1) is 0 Å². The molecule has 1 aromatic rings. The Morgan fingerprint density at radius 1 is 1.45 bits per heavy atom. The molecular weight excluding hydrogens is 156 g/mol. The molecule has 2 rings (SSSR count). The predicted molar refractivity (Wildman–Crippen MR) is 47.4 cm³/mol. The van der Waals surface area contributed by atoms with Crippen molar-refractivity contribution in [1.82, 2.24) is 0 Å². The van der Waals surface area contributed by atoms with E-state index in [9.17, 15) is 0 Å². The third kappa shape index (κ3) is 1.23. The third-order valence-electron chi connectivity index (χ3n) is 1.90. The first-order chi connectivity index (χ1) is 5.40. The summed E-state index contributed by atoms with van der Waals surface area (Å²) in [6.45, 7) is 0. The molecule has 1 nitrogen and oxygen atoms in total. The van der Waals surface area contributed by atoms with E-state index in [4.69, 9.17) is 4.74 Å². The topological polar surface area (TPSA) is 9.23 Å². The minimum Gasteiger partial charge on any atom is -0.497 e. The minimum atomic E-state index is 0.971. The van der Waals surface area contributed by atoms with Crippen LogP contribution in [0.25, 0.3) is 0 Å². The molecule has 0 aliphatic carbocycles. The van der Waals surface area contributed by atoms with Gasteiger partial charge in [-0.15, -0.1) is 11.8 Å². The lowest BCUT2D eigenvalue weighted by atomic mass is 10.2. The van der Waals surface area contributed by atoms with Crippen LogP contribution in [-0.4, -0.2) is 12.9 Å². The first-order valence-electron chi connectivity index (χ1n) is 3.70. The molecule has 11 heavy (non-hydrogen) atoms. The molecule has 1 aliphatic heterocycles. The fraction of sp³-hybridized carbons (Fsp3) is 0.333. The van der Waals surface area contributed by atoms with Gasteiger partial charge in [-0.05, 0) is 24.1 Å². The fourth-order valence-corrected chi connectivity index (χ4v) is 2.37. The number of rotatable bonds is 1. The maximum atomic E-state index is 5.13. The molecule has 0 N–H and O–H groups in total. The largest absolute Gasteiger partial charge is 0.497 e. The molecule has 0 fully saturated rings. The lowest BCUT2D eigenvalue weighted by Gasteiger charge is -2.01. The predicted octanol–water partition coefficient (Wildman–Crippen LogP) is 2.34. The molecule has 1 aromatic carbocycles. The van der Waals surface area contributed by atoms with Gasteiger partial charge in [-0.1, -0.05) is 6.07 Å². The van der Waals surface area contributed by atoms with Gasteiger partial charge < -0.3 is 4.74 Å². The number of methoxy groups -OCH3 is 1. The lowest BCUT2D eigenvalue weighted by Crippen LogP contribution is -1.84. The number of thioether (sulfide) groups is 1. The molecule has 0 spiro atoms. The summed E-state index contributed by atoms with van der Waals surface area (Å²) >= 11 is 1.92. The molecule has 0 saturated carbocycles. The molecule has 0 unspecified atom stereocenters. The second kappa shape index (κ2) is 2.78. The van der Waals surface area contributed by atoms with E-state index < -0.39 is 0 Å². The van der Waals surface area contributed by atoms with E-state index in [0.29, 0.717) is 0 Å². The van der Waals surface area contributed by atoms with Crippen molar-refractivity contribution in [3.8, 4) is 5.75 Å². The summed E-state index contributed by atoms with van der Waals surface area (Å²) in [5, 5.41) is 0. The second-order valence-corrected chi connectivity index (χ2v) is 3.71. The minimum absolute atomic E-state index is 0.971. The Hall–Kier alpha value is -0.630. The number of aryl methyl sites for hydroxylation is 1. The lowest BCUT2D eigenvalue weighted by molar-refractivity contribution is 0.413. The highest BCUT2D eigenvalue weighted by Gasteiger charge is 2.10. The fourth-order valence-electron chi connectivity index (χ4n) is 1.27. The highest BCUT2D eigenvalue weighted by Crippen LogP contribution is 2.33.